The van der Waals surface area contributed by atoms with Crippen LogP contribution in [0.1, 0.15) is 15.3 Å². The molecule has 18 heavy (non-hydrogen) atoms. The highest BCUT2D eigenvalue weighted by atomic mass is 32.1. The third-order valence-electron chi connectivity index (χ3n) is 2.45. The molecular formula is C14H14N2OS. The summed E-state index contributed by atoms with van der Waals surface area (Å²) >= 11 is 1.59. The zero-order valence-electron chi connectivity index (χ0n) is 10.1. The molecular weight excluding hydrogens is 244 g/mol. The van der Waals surface area contributed by atoms with Crippen LogP contribution in [0, 0.1) is 18.8 Å². The van der Waals surface area contributed by atoms with Crippen molar-refractivity contribution >= 4 is 11.3 Å². The van der Waals surface area contributed by atoms with Gasteiger partial charge in [0, 0.05) is 17.1 Å². The maximum Gasteiger partial charge on any atom is 0.251 e. The van der Waals surface area contributed by atoms with E-state index in [4.69, 9.17) is 5.73 Å². The molecule has 2 rings (SSSR count). The van der Waals surface area contributed by atoms with Crippen LogP contribution in [0.2, 0.25) is 0 Å². The molecule has 0 aromatic carbocycles. The van der Waals surface area contributed by atoms with Crippen LogP contribution in [-0.2, 0) is 6.54 Å². The van der Waals surface area contributed by atoms with E-state index in [1.165, 1.54) is 0 Å². The first-order valence-corrected chi connectivity index (χ1v) is 6.45. The van der Waals surface area contributed by atoms with Crippen molar-refractivity contribution in [2.24, 2.45) is 5.73 Å². The Labute approximate surface area is 110 Å². The van der Waals surface area contributed by atoms with Gasteiger partial charge in [0.2, 0.25) is 0 Å². The zero-order chi connectivity index (χ0) is 13.0. The second-order valence-corrected chi connectivity index (χ2v) is 5.11. The van der Waals surface area contributed by atoms with Gasteiger partial charge in [0.15, 0.2) is 0 Å². The molecule has 0 saturated carbocycles. The largest absolute Gasteiger partial charge is 0.320 e. The molecule has 0 aliphatic carbocycles. The fourth-order valence-electron chi connectivity index (χ4n) is 1.57. The first-order chi connectivity index (χ1) is 8.69. The molecule has 4 heteroatoms. The van der Waals surface area contributed by atoms with Gasteiger partial charge in [-0.05, 0) is 30.7 Å². The zero-order valence-corrected chi connectivity index (χ0v) is 11.0. The van der Waals surface area contributed by atoms with E-state index in [1.54, 1.807) is 22.0 Å². The van der Waals surface area contributed by atoms with Gasteiger partial charge in [-0.25, -0.2) is 0 Å². The molecule has 92 valence electrons. The Bertz CT molecular complexity index is 658. The molecule has 0 amide bonds. The number of aromatic nitrogens is 1. The lowest BCUT2D eigenvalue weighted by molar-refractivity contribution is 0.767. The van der Waals surface area contributed by atoms with Crippen molar-refractivity contribution in [3.05, 3.63) is 56.1 Å². The van der Waals surface area contributed by atoms with Gasteiger partial charge < -0.3 is 10.3 Å². The van der Waals surface area contributed by atoms with Gasteiger partial charge in [0.05, 0.1) is 18.0 Å². The predicted molar refractivity (Wildman–Crippen MR) is 74.8 cm³/mol. The average molecular weight is 258 g/mol. The van der Waals surface area contributed by atoms with E-state index in [0.29, 0.717) is 13.1 Å². The highest BCUT2D eigenvalue weighted by Crippen LogP contribution is 2.16. The number of aryl methyl sites for hydroxylation is 1. The number of thiophene rings is 1. The van der Waals surface area contributed by atoms with Gasteiger partial charge in [-0.15, -0.1) is 11.3 Å². The third kappa shape index (κ3) is 3.10. The van der Waals surface area contributed by atoms with E-state index in [2.05, 4.69) is 11.8 Å². The van der Waals surface area contributed by atoms with Crippen LogP contribution in [-0.4, -0.2) is 11.1 Å². The van der Waals surface area contributed by atoms with Crippen molar-refractivity contribution < 1.29 is 0 Å². The van der Waals surface area contributed by atoms with Crippen LogP contribution in [0.3, 0.4) is 0 Å². The van der Waals surface area contributed by atoms with Crippen molar-refractivity contribution in [3.8, 4) is 11.8 Å². The van der Waals surface area contributed by atoms with Gasteiger partial charge in [-0.1, -0.05) is 11.8 Å². The molecule has 0 unspecified atom stereocenters. The van der Waals surface area contributed by atoms with E-state index in [9.17, 15) is 4.79 Å². The van der Waals surface area contributed by atoms with E-state index >= 15 is 0 Å². The Morgan fingerprint density at radius 1 is 1.39 bits per heavy atom. The van der Waals surface area contributed by atoms with E-state index < -0.39 is 0 Å². The van der Waals surface area contributed by atoms with Crippen LogP contribution in [0.5, 0.6) is 0 Å². The van der Waals surface area contributed by atoms with Crippen molar-refractivity contribution in [3.63, 3.8) is 0 Å². The molecule has 0 aliphatic heterocycles. The summed E-state index contributed by atoms with van der Waals surface area (Å²) in [4.78, 5) is 13.8. The number of rotatable bonds is 2. The van der Waals surface area contributed by atoms with E-state index in [-0.39, 0.29) is 5.56 Å². The van der Waals surface area contributed by atoms with Crippen molar-refractivity contribution in [1.82, 2.24) is 4.57 Å². The Hall–Kier alpha value is -1.83. The average Bonchev–Trinajstić information content (AvgIpc) is 2.78. The number of nitrogens with zero attached hydrogens (tertiary/aromatic N) is 1. The normalized spacial score (nSPS) is 9.89. The number of pyridine rings is 1. The predicted octanol–water partition coefficient (Wildman–Crippen LogP) is 1.58. The lowest BCUT2D eigenvalue weighted by Gasteiger charge is -2.03. The molecule has 0 spiro atoms. The lowest BCUT2D eigenvalue weighted by Crippen LogP contribution is -2.18. The molecule has 0 bridgehead atoms. The molecule has 3 nitrogen and oxygen atoms in total. The molecule has 0 aliphatic rings. The first kappa shape index (κ1) is 12.6. The summed E-state index contributed by atoms with van der Waals surface area (Å²) in [5.74, 6) is 5.81. The van der Waals surface area contributed by atoms with Gasteiger partial charge in [0.25, 0.3) is 5.56 Å². The standard InChI is InChI=1S/C14H14N2OS/c1-11-6-8-16(14(17)9-11)10-13-5-4-12(18-13)3-2-7-15/h4-6,8-9H,7,10,15H2,1H3. The van der Waals surface area contributed by atoms with Crippen molar-refractivity contribution in [2.45, 2.75) is 13.5 Å². The smallest absolute Gasteiger partial charge is 0.251 e. The van der Waals surface area contributed by atoms with Gasteiger partial charge in [-0.3, -0.25) is 4.79 Å². The highest BCUT2D eigenvalue weighted by molar-refractivity contribution is 7.12. The SMILES string of the molecule is Cc1ccn(Cc2ccc(C#CCN)s2)c(=O)c1. The highest BCUT2D eigenvalue weighted by Gasteiger charge is 2.01. The summed E-state index contributed by atoms with van der Waals surface area (Å²) in [6, 6.07) is 7.53. The molecule has 0 saturated heterocycles. The summed E-state index contributed by atoms with van der Waals surface area (Å²) in [5, 5.41) is 0. The summed E-state index contributed by atoms with van der Waals surface area (Å²) in [7, 11) is 0. The molecule has 0 fully saturated rings. The minimum absolute atomic E-state index is 0.0259. The minimum atomic E-state index is 0.0259. The van der Waals surface area contributed by atoms with Crippen LogP contribution >= 0.6 is 11.3 Å². The Morgan fingerprint density at radius 3 is 2.94 bits per heavy atom. The minimum Gasteiger partial charge on any atom is -0.320 e. The van der Waals surface area contributed by atoms with Crippen LogP contribution < -0.4 is 11.3 Å². The Kier molecular flexibility index (Phi) is 3.98. The molecule has 2 aromatic heterocycles. The van der Waals surface area contributed by atoms with Crippen molar-refractivity contribution in [2.75, 3.05) is 6.54 Å². The van der Waals surface area contributed by atoms with Gasteiger partial charge in [-0.2, -0.15) is 0 Å². The maximum absolute atomic E-state index is 11.7. The molecule has 2 heterocycles. The van der Waals surface area contributed by atoms with Crippen LogP contribution in [0.25, 0.3) is 0 Å². The molecule has 0 radical (unpaired) electrons. The fraction of sp³-hybridized carbons (Fsp3) is 0.214. The van der Waals surface area contributed by atoms with Gasteiger partial charge >= 0.3 is 0 Å². The molecule has 2 aromatic rings. The summed E-state index contributed by atoms with van der Waals surface area (Å²) < 4.78 is 1.69. The summed E-state index contributed by atoms with van der Waals surface area (Å²) in [6.07, 6.45) is 1.82. The van der Waals surface area contributed by atoms with Crippen LogP contribution in [0.15, 0.2) is 35.3 Å². The maximum atomic E-state index is 11.7. The number of hydrogen-bond donors (Lipinski definition) is 1. The fourth-order valence-corrected chi connectivity index (χ4v) is 2.45. The number of hydrogen-bond acceptors (Lipinski definition) is 3. The topological polar surface area (TPSA) is 48.0 Å². The lowest BCUT2D eigenvalue weighted by atomic mass is 10.3. The summed E-state index contributed by atoms with van der Waals surface area (Å²) in [5.41, 5.74) is 6.34. The molecule has 2 N–H and O–H groups in total. The van der Waals surface area contributed by atoms with Crippen molar-refractivity contribution in [1.29, 1.82) is 0 Å². The van der Waals surface area contributed by atoms with Gasteiger partial charge in [0.1, 0.15) is 0 Å². The van der Waals surface area contributed by atoms with Crippen LogP contribution in [0.4, 0.5) is 0 Å². The second-order valence-electron chi connectivity index (χ2n) is 3.94. The summed E-state index contributed by atoms with van der Waals surface area (Å²) in [6.45, 7) is 2.87. The van der Waals surface area contributed by atoms with E-state index in [0.717, 1.165) is 15.3 Å². The Balaban J connectivity index is 2.19. The van der Waals surface area contributed by atoms with E-state index in [1.807, 2.05) is 31.3 Å². The first-order valence-electron chi connectivity index (χ1n) is 5.64. The quantitative estimate of drug-likeness (QED) is 0.831. The Morgan fingerprint density at radius 2 is 2.22 bits per heavy atom. The second kappa shape index (κ2) is 5.67. The monoisotopic (exact) mass is 258 g/mol. The third-order valence-corrected chi connectivity index (χ3v) is 3.44. The number of nitrogens with two attached hydrogens (primary N) is 1. The molecule has 0 atom stereocenters.